The Kier molecular flexibility index (Phi) is 3.60. The van der Waals surface area contributed by atoms with Crippen molar-refractivity contribution in [2.45, 2.75) is 24.3 Å². The van der Waals surface area contributed by atoms with Crippen molar-refractivity contribution in [2.75, 3.05) is 23.7 Å². The predicted octanol–water partition coefficient (Wildman–Crippen LogP) is 1.90. The van der Waals surface area contributed by atoms with Crippen LogP contribution in [-0.4, -0.2) is 33.5 Å². The van der Waals surface area contributed by atoms with Crippen molar-refractivity contribution in [3.8, 4) is 0 Å². The van der Waals surface area contributed by atoms with Gasteiger partial charge in [-0.1, -0.05) is 13.8 Å². The van der Waals surface area contributed by atoms with E-state index < -0.39 is 4.92 Å². The molecule has 2 unspecified atom stereocenters. The summed E-state index contributed by atoms with van der Waals surface area (Å²) in [7, 11) is 0. The maximum Gasteiger partial charge on any atom is 0.311 e. The number of nitrogens with zero attached hydrogens (tertiary/aromatic N) is 3. The maximum atomic E-state index is 11.0. The molecule has 1 aliphatic rings. The predicted molar refractivity (Wildman–Crippen MR) is 74.0 cm³/mol. The van der Waals surface area contributed by atoms with Gasteiger partial charge >= 0.3 is 5.69 Å². The zero-order valence-corrected chi connectivity index (χ0v) is 11.2. The number of rotatable bonds is 2. The monoisotopic (exact) mass is 268 g/mol. The van der Waals surface area contributed by atoms with Crippen LogP contribution in [0.1, 0.15) is 13.8 Å². The smallest absolute Gasteiger partial charge is 0.311 e. The maximum absolute atomic E-state index is 11.0. The van der Waals surface area contributed by atoms with Crippen molar-refractivity contribution in [3.63, 3.8) is 0 Å². The lowest BCUT2D eigenvalue weighted by Crippen LogP contribution is -2.41. The summed E-state index contributed by atoms with van der Waals surface area (Å²) in [4.78, 5) is 16.7. The van der Waals surface area contributed by atoms with Crippen molar-refractivity contribution in [2.24, 2.45) is 0 Å². The molecular formula is C11H16N4O2S. The minimum Gasteiger partial charge on any atom is -0.384 e. The van der Waals surface area contributed by atoms with Crippen LogP contribution in [-0.2, 0) is 0 Å². The van der Waals surface area contributed by atoms with Gasteiger partial charge in [0, 0.05) is 29.7 Å². The van der Waals surface area contributed by atoms with E-state index in [9.17, 15) is 10.1 Å². The van der Waals surface area contributed by atoms with E-state index >= 15 is 0 Å². The summed E-state index contributed by atoms with van der Waals surface area (Å²) in [5.41, 5.74) is 5.66. The average molecular weight is 268 g/mol. The fourth-order valence-electron chi connectivity index (χ4n) is 2.18. The largest absolute Gasteiger partial charge is 0.384 e. The van der Waals surface area contributed by atoms with Gasteiger partial charge in [-0.15, -0.1) is 0 Å². The van der Waals surface area contributed by atoms with Crippen molar-refractivity contribution < 1.29 is 4.92 Å². The Morgan fingerprint density at radius 2 is 2.06 bits per heavy atom. The van der Waals surface area contributed by atoms with Gasteiger partial charge in [0.05, 0.1) is 4.92 Å². The van der Waals surface area contributed by atoms with E-state index in [1.165, 1.54) is 12.1 Å². The van der Waals surface area contributed by atoms with Gasteiger partial charge in [-0.25, -0.2) is 4.98 Å². The Morgan fingerprint density at radius 3 is 2.61 bits per heavy atom. The van der Waals surface area contributed by atoms with Gasteiger partial charge in [0.2, 0.25) is 5.82 Å². The first kappa shape index (κ1) is 12.9. The Hall–Kier alpha value is -1.50. The van der Waals surface area contributed by atoms with E-state index in [1.807, 2.05) is 16.7 Å². The zero-order valence-electron chi connectivity index (χ0n) is 10.4. The summed E-state index contributed by atoms with van der Waals surface area (Å²) in [6.45, 7) is 5.75. The Bertz CT molecular complexity index is 458. The quantitative estimate of drug-likeness (QED) is 0.651. The van der Waals surface area contributed by atoms with E-state index in [0.29, 0.717) is 22.1 Å². The van der Waals surface area contributed by atoms with Crippen LogP contribution in [0.15, 0.2) is 12.1 Å². The van der Waals surface area contributed by atoms with Gasteiger partial charge in [0.25, 0.3) is 0 Å². The molecule has 1 aliphatic heterocycles. The molecule has 0 bridgehead atoms. The van der Waals surface area contributed by atoms with E-state index in [4.69, 9.17) is 5.73 Å². The van der Waals surface area contributed by atoms with Crippen LogP contribution in [0.3, 0.4) is 0 Å². The van der Waals surface area contributed by atoms with Gasteiger partial charge in [-0.2, -0.15) is 11.8 Å². The third kappa shape index (κ3) is 2.66. The summed E-state index contributed by atoms with van der Waals surface area (Å²) in [6, 6.07) is 2.89. The molecular weight excluding hydrogens is 252 g/mol. The molecule has 7 heteroatoms. The number of anilines is 2. The van der Waals surface area contributed by atoms with Crippen LogP contribution in [0.25, 0.3) is 0 Å². The first-order chi connectivity index (χ1) is 8.47. The van der Waals surface area contributed by atoms with Gasteiger partial charge < -0.3 is 10.6 Å². The first-order valence-corrected chi connectivity index (χ1v) is 6.73. The molecule has 1 saturated heterocycles. The van der Waals surface area contributed by atoms with Crippen LogP contribution < -0.4 is 10.6 Å². The summed E-state index contributed by atoms with van der Waals surface area (Å²) in [5.74, 6) is 0.702. The second-order valence-corrected chi connectivity index (χ2v) is 6.38. The minimum absolute atomic E-state index is 0.0236. The van der Waals surface area contributed by atoms with Gasteiger partial charge in [0.1, 0.15) is 5.82 Å². The van der Waals surface area contributed by atoms with E-state index in [-0.39, 0.29) is 5.69 Å². The molecule has 2 atom stereocenters. The van der Waals surface area contributed by atoms with Crippen molar-refractivity contribution >= 4 is 29.1 Å². The molecule has 1 fully saturated rings. The number of aromatic nitrogens is 1. The highest BCUT2D eigenvalue weighted by Gasteiger charge is 2.28. The average Bonchev–Trinajstić information content (AvgIpc) is 2.27. The Morgan fingerprint density at radius 1 is 1.44 bits per heavy atom. The van der Waals surface area contributed by atoms with Gasteiger partial charge in [-0.05, 0) is 6.07 Å². The third-order valence-corrected chi connectivity index (χ3v) is 4.02. The fraction of sp³-hybridized carbons (Fsp3) is 0.545. The van der Waals surface area contributed by atoms with Crippen molar-refractivity contribution in [1.82, 2.24) is 4.98 Å². The fourth-order valence-corrected chi connectivity index (χ4v) is 3.51. The zero-order chi connectivity index (χ0) is 13.3. The van der Waals surface area contributed by atoms with E-state index in [0.717, 1.165) is 13.1 Å². The lowest BCUT2D eigenvalue weighted by Gasteiger charge is -2.35. The highest BCUT2D eigenvalue weighted by Crippen LogP contribution is 2.33. The van der Waals surface area contributed by atoms with Crippen molar-refractivity contribution in [3.05, 3.63) is 22.2 Å². The number of hydrogen-bond donors (Lipinski definition) is 1. The summed E-state index contributed by atoms with van der Waals surface area (Å²) >= 11 is 1.89. The molecule has 0 radical (unpaired) electrons. The van der Waals surface area contributed by atoms with Crippen molar-refractivity contribution in [1.29, 1.82) is 0 Å². The second kappa shape index (κ2) is 5.01. The van der Waals surface area contributed by atoms with Gasteiger partial charge in [-0.3, -0.25) is 10.1 Å². The third-order valence-electron chi connectivity index (χ3n) is 2.79. The van der Waals surface area contributed by atoms with Crippen LogP contribution in [0.4, 0.5) is 17.3 Å². The molecule has 18 heavy (non-hydrogen) atoms. The molecule has 2 rings (SSSR count). The molecule has 1 aromatic heterocycles. The number of nitrogen functional groups attached to an aromatic ring is 1. The minimum atomic E-state index is -0.404. The topological polar surface area (TPSA) is 85.3 Å². The van der Waals surface area contributed by atoms with Crippen LogP contribution in [0.5, 0.6) is 0 Å². The molecule has 0 saturated carbocycles. The summed E-state index contributed by atoms with van der Waals surface area (Å²) in [5, 5.41) is 11.9. The molecule has 0 aromatic carbocycles. The molecule has 0 amide bonds. The molecule has 2 heterocycles. The highest BCUT2D eigenvalue weighted by atomic mass is 32.2. The number of thioether (sulfide) groups is 1. The SMILES string of the molecule is CC1CN(c2nc(N)ccc2[N+](=O)[O-])CC(C)S1. The Labute approximate surface area is 110 Å². The molecule has 6 nitrogen and oxygen atoms in total. The lowest BCUT2D eigenvalue weighted by molar-refractivity contribution is -0.384. The first-order valence-electron chi connectivity index (χ1n) is 5.78. The number of hydrogen-bond acceptors (Lipinski definition) is 6. The van der Waals surface area contributed by atoms with Crippen LogP contribution in [0, 0.1) is 10.1 Å². The standard InChI is InChI=1S/C11H16N4O2S/c1-7-5-14(6-8(2)18-7)11-9(15(16)17)3-4-10(12)13-11/h3-4,7-8H,5-6H2,1-2H3,(H2,12,13). The van der Waals surface area contributed by atoms with E-state index in [2.05, 4.69) is 18.8 Å². The molecule has 0 aliphatic carbocycles. The molecule has 1 aromatic rings. The van der Waals surface area contributed by atoms with Gasteiger partial charge in [0.15, 0.2) is 0 Å². The van der Waals surface area contributed by atoms with Crippen LogP contribution in [0.2, 0.25) is 0 Å². The molecule has 2 N–H and O–H groups in total. The normalized spacial score (nSPS) is 24.0. The highest BCUT2D eigenvalue weighted by molar-refractivity contribution is 8.00. The van der Waals surface area contributed by atoms with E-state index in [1.54, 1.807) is 0 Å². The number of nitro groups is 1. The lowest BCUT2D eigenvalue weighted by atomic mass is 10.3. The van der Waals surface area contributed by atoms with Crippen LogP contribution >= 0.6 is 11.8 Å². The summed E-state index contributed by atoms with van der Waals surface area (Å²) < 4.78 is 0. The number of nitrogens with two attached hydrogens (primary N) is 1. The second-order valence-electron chi connectivity index (χ2n) is 4.50. The summed E-state index contributed by atoms with van der Waals surface area (Å²) in [6.07, 6.45) is 0. The Balaban J connectivity index is 2.36. The molecule has 0 spiro atoms. The molecule has 98 valence electrons. The number of pyridine rings is 1.